The molecular formula is C13H27N3O2. The van der Waals surface area contributed by atoms with E-state index in [-0.39, 0.29) is 0 Å². The Hall–Kier alpha value is -0.650. The van der Waals surface area contributed by atoms with Crippen LogP contribution in [0, 0.1) is 0 Å². The lowest BCUT2D eigenvalue weighted by Gasteiger charge is -2.21. The third-order valence-electron chi connectivity index (χ3n) is 3.37. The third kappa shape index (κ3) is 5.80. The lowest BCUT2D eigenvalue weighted by molar-refractivity contribution is -0.131. The van der Waals surface area contributed by atoms with Gasteiger partial charge >= 0.3 is 0 Å². The topological polar surface area (TPSA) is 44.8 Å². The minimum atomic E-state index is 0.304. The Morgan fingerprint density at radius 1 is 1.28 bits per heavy atom. The number of nitrogens with zero attached hydrogens (tertiary/aromatic N) is 2. The molecule has 1 amide bonds. The molecule has 1 saturated heterocycles. The lowest BCUT2D eigenvalue weighted by Crippen LogP contribution is -2.36. The number of methoxy groups -OCH3 is 1. The molecule has 0 aromatic heterocycles. The number of ether oxygens (including phenoxy) is 1. The van der Waals surface area contributed by atoms with E-state index in [1.54, 1.807) is 7.11 Å². The van der Waals surface area contributed by atoms with E-state index in [0.717, 1.165) is 58.7 Å². The van der Waals surface area contributed by atoms with Crippen molar-refractivity contribution < 1.29 is 9.53 Å². The van der Waals surface area contributed by atoms with Gasteiger partial charge in [0, 0.05) is 39.7 Å². The van der Waals surface area contributed by atoms with Crippen molar-refractivity contribution in [3.05, 3.63) is 0 Å². The number of hydrogen-bond donors (Lipinski definition) is 1. The number of carbonyl (C=O) groups is 1. The summed E-state index contributed by atoms with van der Waals surface area (Å²) >= 11 is 0. The predicted octanol–water partition coefficient (Wildman–Crippen LogP) is 0.167. The van der Waals surface area contributed by atoms with Crippen LogP contribution in [0.25, 0.3) is 0 Å². The second-order valence-electron chi connectivity index (χ2n) is 4.78. The summed E-state index contributed by atoms with van der Waals surface area (Å²) in [4.78, 5) is 16.4. The second kappa shape index (κ2) is 9.30. The lowest BCUT2D eigenvalue weighted by atomic mass is 10.2. The van der Waals surface area contributed by atoms with Crippen molar-refractivity contribution in [2.75, 3.05) is 60.0 Å². The average Bonchev–Trinajstić information content (AvgIpc) is 2.62. The highest BCUT2D eigenvalue weighted by Gasteiger charge is 2.18. The SMILES string of the molecule is CNCCCC(=O)N1CCCN(CCOC)CC1. The fraction of sp³-hybridized carbons (Fsp3) is 0.923. The standard InChI is InChI=1S/C13H27N3O2/c1-14-6-3-5-13(17)16-8-4-7-15(9-10-16)11-12-18-2/h14H,3-12H2,1-2H3. The van der Waals surface area contributed by atoms with Crippen LogP contribution in [0.4, 0.5) is 0 Å². The molecule has 18 heavy (non-hydrogen) atoms. The van der Waals surface area contributed by atoms with Gasteiger partial charge in [0.05, 0.1) is 6.61 Å². The molecule has 1 heterocycles. The number of rotatable bonds is 7. The minimum Gasteiger partial charge on any atom is -0.383 e. The van der Waals surface area contributed by atoms with Gasteiger partial charge in [-0.05, 0) is 33.0 Å². The maximum atomic E-state index is 12.0. The van der Waals surface area contributed by atoms with Gasteiger partial charge in [-0.15, -0.1) is 0 Å². The minimum absolute atomic E-state index is 0.304. The second-order valence-corrected chi connectivity index (χ2v) is 4.78. The summed E-state index contributed by atoms with van der Waals surface area (Å²) in [7, 11) is 3.65. The van der Waals surface area contributed by atoms with Gasteiger partial charge in [-0.25, -0.2) is 0 Å². The maximum absolute atomic E-state index is 12.0. The van der Waals surface area contributed by atoms with Crippen LogP contribution < -0.4 is 5.32 Å². The van der Waals surface area contributed by atoms with E-state index in [2.05, 4.69) is 10.2 Å². The monoisotopic (exact) mass is 257 g/mol. The van der Waals surface area contributed by atoms with E-state index in [0.29, 0.717) is 12.3 Å². The van der Waals surface area contributed by atoms with Crippen LogP contribution in [0.3, 0.4) is 0 Å². The van der Waals surface area contributed by atoms with Crippen molar-refractivity contribution >= 4 is 5.91 Å². The summed E-state index contributed by atoms with van der Waals surface area (Å²) in [5, 5.41) is 3.08. The molecule has 1 N–H and O–H groups in total. The molecule has 1 aliphatic rings. The van der Waals surface area contributed by atoms with Crippen LogP contribution >= 0.6 is 0 Å². The number of carbonyl (C=O) groups excluding carboxylic acids is 1. The number of hydrogen-bond acceptors (Lipinski definition) is 4. The van der Waals surface area contributed by atoms with E-state index < -0.39 is 0 Å². The van der Waals surface area contributed by atoms with Crippen molar-refractivity contribution in [3.63, 3.8) is 0 Å². The summed E-state index contributed by atoms with van der Waals surface area (Å²) < 4.78 is 5.10. The summed E-state index contributed by atoms with van der Waals surface area (Å²) in [6, 6.07) is 0. The number of nitrogens with one attached hydrogen (secondary N) is 1. The third-order valence-corrected chi connectivity index (χ3v) is 3.37. The zero-order valence-corrected chi connectivity index (χ0v) is 11.8. The zero-order valence-electron chi connectivity index (χ0n) is 11.8. The van der Waals surface area contributed by atoms with Crippen LogP contribution in [0.15, 0.2) is 0 Å². The highest BCUT2D eigenvalue weighted by Crippen LogP contribution is 2.05. The quantitative estimate of drug-likeness (QED) is 0.660. The highest BCUT2D eigenvalue weighted by atomic mass is 16.5. The van der Waals surface area contributed by atoms with Crippen LogP contribution in [0.1, 0.15) is 19.3 Å². The molecule has 0 atom stereocenters. The zero-order chi connectivity index (χ0) is 13.2. The molecule has 0 aliphatic carbocycles. The van der Waals surface area contributed by atoms with E-state index in [9.17, 15) is 4.79 Å². The molecule has 1 aliphatic heterocycles. The van der Waals surface area contributed by atoms with Gasteiger partial charge in [0.1, 0.15) is 0 Å². The van der Waals surface area contributed by atoms with Gasteiger partial charge in [0.25, 0.3) is 0 Å². The molecule has 5 heteroatoms. The normalized spacial score (nSPS) is 17.8. The van der Waals surface area contributed by atoms with E-state index in [1.807, 2.05) is 11.9 Å². The summed E-state index contributed by atoms with van der Waals surface area (Å²) in [5.74, 6) is 0.304. The molecule has 106 valence electrons. The summed E-state index contributed by atoms with van der Waals surface area (Å²) in [6.07, 6.45) is 2.67. The first-order chi connectivity index (χ1) is 8.77. The molecule has 1 fully saturated rings. The van der Waals surface area contributed by atoms with E-state index in [4.69, 9.17) is 4.74 Å². The van der Waals surface area contributed by atoms with Crippen molar-refractivity contribution in [3.8, 4) is 0 Å². The Morgan fingerprint density at radius 3 is 2.83 bits per heavy atom. The van der Waals surface area contributed by atoms with Gasteiger partial charge < -0.3 is 15.0 Å². The van der Waals surface area contributed by atoms with Gasteiger partial charge in [0.2, 0.25) is 5.91 Å². The first kappa shape index (κ1) is 15.4. The Labute approximate surface area is 110 Å². The largest absolute Gasteiger partial charge is 0.383 e. The summed E-state index contributed by atoms with van der Waals surface area (Å²) in [6.45, 7) is 6.47. The van der Waals surface area contributed by atoms with Crippen molar-refractivity contribution in [2.45, 2.75) is 19.3 Å². The Bertz CT molecular complexity index is 236. The van der Waals surface area contributed by atoms with Crippen LogP contribution in [-0.4, -0.2) is 75.7 Å². The van der Waals surface area contributed by atoms with Gasteiger partial charge in [0.15, 0.2) is 0 Å². The van der Waals surface area contributed by atoms with Crippen molar-refractivity contribution in [1.82, 2.24) is 15.1 Å². The number of amides is 1. The average molecular weight is 257 g/mol. The molecule has 0 spiro atoms. The van der Waals surface area contributed by atoms with E-state index in [1.165, 1.54) is 0 Å². The molecule has 1 rings (SSSR count). The molecule has 0 radical (unpaired) electrons. The van der Waals surface area contributed by atoms with Crippen LogP contribution in [0.5, 0.6) is 0 Å². The molecule has 0 unspecified atom stereocenters. The van der Waals surface area contributed by atoms with Crippen LogP contribution in [0.2, 0.25) is 0 Å². The molecule has 5 nitrogen and oxygen atoms in total. The van der Waals surface area contributed by atoms with Crippen molar-refractivity contribution in [2.24, 2.45) is 0 Å². The highest BCUT2D eigenvalue weighted by molar-refractivity contribution is 5.76. The molecule has 0 saturated carbocycles. The Kier molecular flexibility index (Phi) is 7.96. The fourth-order valence-electron chi connectivity index (χ4n) is 2.24. The maximum Gasteiger partial charge on any atom is 0.222 e. The predicted molar refractivity (Wildman–Crippen MR) is 72.7 cm³/mol. The van der Waals surface area contributed by atoms with Crippen molar-refractivity contribution in [1.29, 1.82) is 0 Å². The van der Waals surface area contributed by atoms with Gasteiger partial charge in [-0.2, -0.15) is 0 Å². The van der Waals surface area contributed by atoms with E-state index >= 15 is 0 Å². The van der Waals surface area contributed by atoms with Gasteiger partial charge in [-0.3, -0.25) is 9.69 Å². The first-order valence-corrected chi connectivity index (χ1v) is 6.91. The molecule has 0 aromatic rings. The molecular weight excluding hydrogens is 230 g/mol. The Morgan fingerprint density at radius 2 is 2.11 bits per heavy atom. The smallest absolute Gasteiger partial charge is 0.222 e. The first-order valence-electron chi connectivity index (χ1n) is 6.91. The van der Waals surface area contributed by atoms with Crippen LogP contribution in [-0.2, 0) is 9.53 Å². The molecule has 0 aromatic carbocycles. The molecule has 0 bridgehead atoms. The summed E-state index contributed by atoms with van der Waals surface area (Å²) in [5.41, 5.74) is 0. The fourth-order valence-corrected chi connectivity index (χ4v) is 2.24. The van der Waals surface area contributed by atoms with Gasteiger partial charge in [-0.1, -0.05) is 0 Å². The Balaban J connectivity index is 2.25.